The second-order valence-electron chi connectivity index (χ2n) is 7.13. The van der Waals surface area contributed by atoms with Gasteiger partial charge in [0.25, 0.3) is 5.91 Å². The zero-order valence-electron chi connectivity index (χ0n) is 15.8. The van der Waals surface area contributed by atoms with Crippen molar-refractivity contribution in [2.24, 2.45) is 0 Å². The fraction of sp³-hybridized carbons (Fsp3) is 0.474. The Morgan fingerprint density at radius 1 is 1.21 bits per heavy atom. The van der Waals surface area contributed by atoms with Gasteiger partial charge in [0.1, 0.15) is 17.2 Å². The SMILES string of the molecule is COC(=O)c1cc(NC(=O)CCCN2C(=O)NC3(CCCC3)C2=O)c(F)cc1F. The van der Waals surface area contributed by atoms with Gasteiger partial charge in [-0.15, -0.1) is 0 Å². The van der Waals surface area contributed by atoms with Crippen LogP contribution < -0.4 is 10.6 Å². The predicted molar refractivity (Wildman–Crippen MR) is 97.0 cm³/mol. The van der Waals surface area contributed by atoms with Gasteiger partial charge >= 0.3 is 12.0 Å². The molecule has 1 aliphatic carbocycles. The minimum absolute atomic E-state index is 0.0547. The minimum Gasteiger partial charge on any atom is -0.465 e. The number of hydrogen-bond donors (Lipinski definition) is 2. The largest absolute Gasteiger partial charge is 0.465 e. The Morgan fingerprint density at radius 2 is 1.90 bits per heavy atom. The maximum atomic E-state index is 13.9. The third-order valence-corrected chi connectivity index (χ3v) is 5.22. The third kappa shape index (κ3) is 4.06. The molecular weight excluding hydrogens is 388 g/mol. The van der Waals surface area contributed by atoms with E-state index in [1.165, 1.54) is 0 Å². The average molecular weight is 409 g/mol. The number of amides is 4. The maximum Gasteiger partial charge on any atom is 0.340 e. The molecule has 1 saturated carbocycles. The van der Waals surface area contributed by atoms with E-state index in [9.17, 15) is 28.0 Å². The van der Waals surface area contributed by atoms with Crippen LogP contribution in [0.5, 0.6) is 0 Å². The number of nitrogens with one attached hydrogen (secondary N) is 2. The number of methoxy groups -OCH3 is 1. The lowest BCUT2D eigenvalue weighted by atomic mass is 9.98. The van der Waals surface area contributed by atoms with Gasteiger partial charge in [-0.25, -0.2) is 18.4 Å². The highest BCUT2D eigenvalue weighted by atomic mass is 19.1. The van der Waals surface area contributed by atoms with Gasteiger partial charge in [0.2, 0.25) is 5.91 Å². The van der Waals surface area contributed by atoms with Gasteiger partial charge in [-0.05, 0) is 25.3 Å². The van der Waals surface area contributed by atoms with E-state index in [4.69, 9.17) is 0 Å². The van der Waals surface area contributed by atoms with Gasteiger partial charge in [-0.1, -0.05) is 12.8 Å². The van der Waals surface area contributed by atoms with Crippen LogP contribution in [0, 0.1) is 11.6 Å². The van der Waals surface area contributed by atoms with Crippen LogP contribution in [0.15, 0.2) is 12.1 Å². The number of hydrogen-bond acceptors (Lipinski definition) is 5. The first-order valence-corrected chi connectivity index (χ1v) is 9.29. The molecule has 1 heterocycles. The topological polar surface area (TPSA) is 105 Å². The quantitative estimate of drug-likeness (QED) is 0.554. The number of benzene rings is 1. The number of ether oxygens (including phenoxy) is 1. The molecule has 0 bridgehead atoms. The van der Waals surface area contributed by atoms with Crippen molar-refractivity contribution in [2.75, 3.05) is 19.0 Å². The van der Waals surface area contributed by atoms with Crippen molar-refractivity contribution < 1.29 is 32.7 Å². The minimum atomic E-state index is -1.10. The van der Waals surface area contributed by atoms with E-state index in [0.717, 1.165) is 30.9 Å². The van der Waals surface area contributed by atoms with E-state index in [2.05, 4.69) is 15.4 Å². The van der Waals surface area contributed by atoms with Crippen molar-refractivity contribution in [2.45, 2.75) is 44.1 Å². The molecule has 0 radical (unpaired) electrons. The van der Waals surface area contributed by atoms with Crippen LogP contribution in [0.2, 0.25) is 0 Å². The van der Waals surface area contributed by atoms with E-state index >= 15 is 0 Å². The summed E-state index contributed by atoms with van der Waals surface area (Å²) in [4.78, 5) is 49.3. The summed E-state index contributed by atoms with van der Waals surface area (Å²) in [6, 6.07) is 0.871. The molecule has 1 aromatic carbocycles. The normalized spacial score (nSPS) is 17.6. The van der Waals surface area contributed by atoms with E-state index in [1.807, 2.05) is 0 Å². The molecule has 0 aromatic heterocycles. The van der Waals surface area contributed by atoms with E-state index in [-0.39, 0.29) is 31.0 Å². The summed E-state index contributed by atoms with van der Waals surface area (Å²) in [6.07, 6.45) is 3.04. The van der Waals surface area contributed by atoms with Crippen LogP contribution in [0.25, 0.3) is 0 Å². The van der Waals surface area contributed by atoms with Gasteiger partial charge < -0.3 is 15.4 Å². The predicted octanol–water partition coefficient (Wildman–Crippen LogP) is 2.33. The Hall–Kier alpha value is -3.04. The van der Waals surface area contributed by atoms with Gasteiger partial charge in [0.05, 0.1) is 18.4 Å². The van der Waals surface area contributed by atoms with E-state index in [1.54, 1.807) is 0 Å². The molecule has 8 nitrogen and oxygen atoms in total. The van der Waals surface area contributed by atoms with E-state index < -0.39 is 40.6 Å². The molecule has 0 atom stereocenters. The summed E-state index contributed by atoms with van der Waals surface area (Å²) >= 11 is 0. The van der Waals surface area contributed by atoms with Crippen LogP contribution >= 0.6 is 0 Å². The summed E-state index contributed by atoms with van der Waals surface area (Å²) in [7, 11) is 1.05. The standard InChI is InChI=1S/C19H21F2N3O5/c1-29-16(26)11-9-14(13(21)10-12(11)20)22-15(25)5-4-8-24-17(27)19(23-18(24)28)6-2-3-7-19/h9-10H,2-8H2,1H3,(H,22,25)(H,23,28). The summed E-state index contributed by atoms with van der Waals surface area (Å²) in [5, 5.41) is 5.01. The van der Waals surface area contributed by atoms with Crippen molar-refractivity contribution in [1.29, 1.82) is 0 Å². The number of halogens is 2. The lowest BCUT2D eigenvalue weighted by Gasteiger charge is -2.19. The number of imide groups is 1. The first-order chi connectivity index (χ1) is 13.8. The molecule has 2 N–H and O–H groups in total. The molecule has 3 rings (SSSR count). The smallest absolute Gasteiger partial charge is 0.340 e. The van der Waals surface area contributed by atoms with Crippen molar-refractivity contribution >= 4 is 29.5 Å². The zero-order valence-corrected chi connectivity index (χ0v) is 15.8. The molecule has 10 heteroatoms. The monoisotopic (exact) mass is 409 g/mol. The molecule has 0 unspecified atom stereocenters. The molecule has 1 aliphatic heterocycles. The zero-order chi connectivity index (χ0) is 21.2. The Morgan fingerprint density at radius 3 is 2.55 bits per heavy atom. The van der Waals surface area contributed by atoms with E-state index in [0.29, 0.717) is 18.9 Å². The van der Waals surface area contributed by atoms with Crippen LogP contribution in [0.3, 0.4) is 0 Å². The van der Waals surface area contributed by atoms with Crippen LogP contribution in [0.1, 0.15) is 48.9 Å². The van der Waals surface area contributed by atoms with Crippen molar-refractivity contribution in [3.8, 4) is 0 Å². The molecule has 1 spiro atoms. The summed E-state index contributed by atoms with van der Waals surface area (Å²) in [5.74, 6) is -4.02. The second-order valence-corrected chi connectivity index (χ2v) is 7.13. The van der Waals surface area contributed by atoms with Crippen molar-refractivity contribution in [1.82, 2.24) is 10.2 Å². The number of urea groups is 1. The molecule has 1 saturated heterocycles. The van der Waals surface area contributed by atoms with Gasteiger partial charge in [0.15, 0.2) is 0 Å². The highest BCUT2D eigenvalue weighted by molar-refractivity contribution is 6.07. The van der Waals surface area contributed by atoms with Gasteiger partial charge in [0, 0.05) is 19.0 Å². The number of nitrogens with zero attached hydrogens (tertiary/aromatic N) is 1. The lowest BCUT2D eigenvalue weighted by molar-refractivity contribution is -0.131. The van der Waals surface area contributed by atoms with Gasteiger partial charge in [-0.2, -0.15) is 0 Å². The first-order valence-electron chi connectivity index (χ1n) is 9.29. The lowest BCUT2D eigenvalue weighted by Crippen LogP contribution is -2.44. The summed E-state index contributed by atoms with van der Waals surface area (Å²) < 4.78 is 31.9. The highest BCUT2D eigenvalue weighted by Gasteiger charge is 2.52. The van der Waals surface area contributed by atoms with Gasteiger partial charge in [-0.3, -0.25) is 14.5 Å². The molecule has 2 aliphatic rings. The number of esters is 1. The molecule has 1 aromatic rings. The first kappa shape index (κ1) is 20.7. The van der Waals surface area contributed by atoms with Crippen LogP contribution in [-0.4, -0.2) is 47.9 Å². The summed E-state index contributed by atoms with van der Waals surface area (Å²) in [6.45, 7) is 0.0547. The fourth-order valence-corrected chi connectivity index (χ4v) is 3.72. The Labute approximate surface area is 165 Å². The van der Waals surface area contributed by atoms with Crippen molar-refractivity contribution in [3.63, 3.8) is 0 Å². The fourth-order valence-electron chi connectivity index (χ4n) is 3.72. The molecular formula is C19H21F2N3O5. The average Bonchev–Trinajstić information content (AvgIpc) is 3.23. The molecule has 156 valence electrons. The maximum absolute atomic E-state index is 13.9. The molecule has 29 heavy (non-hydrogen) atoms. The number of carbonyl (C=O) groups excluding carboxylic acids is 4. The second kappa shape index (κ2) is 8.14. The van der Waals surface area contributed by atoms with Crippen molar-refractivity contribution in [3.05, 3.63) is 29.3 Å². The van der Waals surface area contributed by atoms with Crippen LogP contribution in [0.4, 0.5) is 19.3 Å². The number of rotatable bonds is 6. The Balaban J connectivity index is 1.56. The third-order valence-electron chi connectivity index (χ3n) is 5.22. The highest BCUT2D eigenvalue weighted by Crippen LogP contribution is 2.35. The Kier molecular flexibility index (Phi) is 5.81. The number of anilines is 1. The molecule has 2 fully saturated rings. The summed E-state index contributed by atoms with van der Waals surface area (Å²) in [5.41, 5.74) is -1.68. The van der Waals surface area contributed by atoms with Crippen LogP contribution in [-0.2, 0) is 14.3 Å². The molecule has 4 amide bonds. The number of carbonyl (C=O) groups is 4. The Bertz CT molecular complexity index is 868.